The topological polar surface area (TPSA) is 42.3 Å². The van der Waals surface area contributed by atoms with Gasteiger partial charge in [-0.05, 0) is 105 Å². The summed E-state index contributed by atoms with van der Waals surface area (Å²) in [6.45, 7) is 8.26. The number of amides is 2. The van der Waals surface area contributed by atoms with Crippen LogP contribution in [0.15, 0.2) is 53.4 Å². The zero-order valence-corrected chi connectivity index (χ0v) is 18.8. The molecular formula is C24H21ClN2O2S. The molecule has 1 fully saturated rings. The Bertz CT molecular complexity index is 1210. The highest BCUT2D eigenvalue weighted by molar-refractivity contribution is 8.19. The molecule has 0 radical (unpaired) electrons. The molecule has 0 aliphatic carbocycles. The molecule has 1 aliphatic heterocycles. The Balaban J connectivity index is 1.70. The van der Waals surface area contributed by atoms with E-state index in [1.807, 2.05) is 19.9 Å². The van der Waals surface area contributed by atoms with E-state index in [4.69, 9.17) is 11.6 Å². The maximum atomic E-state index is 12.9. The summed E-state index contributed by atoms with van der Waals surface area (Å²) in [6, 6.07) is 15.1. The second kappa shape index (κ2) is 7.82. The number of aryl methyl sites for hydroxylation is 3. The summed E-state index contributed by atoms with van der Waals surface area (Å²) in [5, 5.41) is 0.247. The zero-order valence-electron chi connectivity index (χ0n) is 17.2. The Labute approximate surface area is 185 Å². The van der Waals surface area contributed by atoms with Crippen LogP contribution >= 0.6 is 23.4 Å². The van der Waals surface area contributed by atoms with Gasteiger partial charge in [0.05, 0.1) is 10.6 Å². The average molecular weight is 437 g/mol. The predicted molar refractivity (Wildman–Crippen MR) is 125 cm³/mol. The third kappa shape index (κ3) is 3.59. The van der Waals surface area contributed by atoms with Crippen LogP contribution in [-0.2, 0) is 4.79 Å². The summed E-state index contributed by atoms with van der Waals surface area (Å²) >= 11 is 6.88. The monoisotopic (exact) mass is 436 g/mol. The quantitative estimate of drug-likeness (QED) is 0.434. The van der Waals surface area contributed by atoms with Crippen LogP contribution in [-0.4, -0.2) is 15.7 Å². The van der Waals surface area contributed by atoms with E-state index < -0.39 is 0 Å². The minimum atomic E-state index is -0.316. The standard InChI is InChI=1S/C24H21ClN2O2S/c1-14-5-8-21(11-15(14)2)26-16(3)12-18(17(26)4)13-22-23(28)27(24(29)30-22)20-9-6-19(25)7-10-20/h5-13H,1-4H3/b22-13+. The third-order valence-corrected chi connectivity index (χ3v) is 6.51. The Hall–Kier alpha value is -2.76. The lowest BCUT2D eigenvalue weighted by Crippen LogP contribution is -2.27. The van der Waals surface area contributed by atoms with Gasteiger partial charge in [-0.25, -0.2) is 4.90 Å². The number of nitrogens with zero attached hydrogens (tertiary/aromatic N) is 2. The number of thioether (sulfide) groups is 1. The first-order valence-electron chi connectivity index (χ1n) is 9.56. The van der Waals surface area contributed by atoms with Crippen LogP contribution in [0.3, 0.4) is 0 Å². The van der Waals surface area contributed by atoms with E-state index in [1.54, 1.807) is 30.3 Å². The molecule has 30 heavy (non-hydrogen) atoms. The molecule has 0 spiro atoms. The molecule has 6 heteroatoms. The van der Waals surface area contributed by atoms with E-state index in [9.17, 15) is 9.59 Å². The van der Waals surface area contributed by atoms with E-state index >= 15 is 0 Å². The van der Waals surface area contributed by atoms with E-state index in [0.29, 0.717) is 15.6 Å². The first-order valence-corrected chi connectivity index (χ1v) is 10.8. The van der Waals surface area contributed by atoms with Crippen LogP contribution in [0.1, 0.15) is 28.1 Å². The molecule has 2 amide bonds. The highest BCUT2D eigenvalue weighted by Gasteiger charge is 2.36. The van der Waals surface area contributed by atoms with Crippen molar-refractivity contribution in [2.45, 2.75) is 27.7 Å². The summed E-state index contributed by atoms with van der Waals surface area (Å²) in [4.78, 5) is 27.0. The van der Waals surface area contributed by atoms with Gasteiger partial charge in [-0.1, -0.05) is 17.7 Å². The highest BCUT2D eigenvalue weighted by atomic mass is 35.5. The van der Waals surface area contributed by atoms with E-state index in [-0.39, 0.29) is 11.1 Å². The summed E-state index contributed by atoms with van der Waals surface area (Å²) in [7, 11) is 0. The lowest BCUT2D eigenvalue weighted by Gasteiger charge is -2.12. The summed E-state index contributed by atoms with van der Waals surface area (Å²) in [5.41, 5.74) is 7.09. The molecule has 152 valence electrons. The van der Waals surface area contributed by atoms with Crippen LogP contribution < -0.4 is 4.90 Å². The molecule has 2 aromatic carbocycles. The second-order valence-electron chi connectivity index (χ2n) is 7.42. The maximum Gasteiger partial charge on any atom is 0.298 e. The normalized spacial score (nSPS) is 15.5. The van der Waals surface area contributed by atoms with E-state index in [2.05, 4.69) is 36.6 Å². The largest absolute Gasteiger partial charge is 0.318 e. The molecule has 0 unspecified atom stereocenters. The Morgan fingerprint density at radius 3 is 2.20 bits per heavy atom. The number of halogens is 1. The Morgan fingerprint density at radius 1 is 0.867 bits per heavy atom. The number of hydrogen-bond donors (Lipinski definition) is 0. The molecule has 0 saturated carbocycles. The molecule has 4 rings (SSSR count). The number of benzene rings is 2. The SMILES string of the molecule is Cc1ccc(-n2c(C)cc(/C=C3/SC(=O)N(c4ccc(Cl)cc4)C3=O)c2C)cc1C. The molecule has 1 aromatic heterocycles. The van der Waals surface area contributed by atoms with Crippen molar-refractivity contribution in [2.24, 2.45) is 0 Å². The van der Waals surface area contributed by atoms with Crippen molar-refractivity contribution in [3.63, 3.8) is 0 Å². The molecule has 0 atom stereocenters. The highest BCUT2D eigenvalue weighted by Crippen LogP contribution is 2.37. The van der Waals surface area contributed by atoms with Gasteiger partial charge in [0.15, 0.2) is 0 Å². The van der Waals surface area contributed by atoms with Crippen molar-refractivity contribution >= 4 is 46.3 Å². The number of anilines is 1. The maximum absolute atomic E-state index is 12.9. The molecule has 1 aliphatic rings. The predicted octanol–water partition coefficient (Wildman–Crippen LogP) is 6.61. The number of aromatic nitrogens is 1. The van der Waals surface area contributed by atoms with Gasteiger partial charge in [-0.3, -0.25) is 9.59 Å². The van der Waals surface area contributed by atoms with Gasteiger partial charge in [0, 0.05) is 22.1 Å². The van der Waals surface area contributed by atoms with Gasteiger partial charge in [0.2, 0.25) is 0 Å². The van der Waals surface area contributed by atoms with E-state index in [0.717, 1.165) is 34.4 Å². The first-order chi connectivity index (χ1) is 14.3. The summed E-state index contributed by atoms with van der Waals surface area (Å²) in [5.74, 6) is -0.316. The van der Waals surface area contributed by atoms with Gasteiger partial charge in [0.25, 0.3) is 11.1 Å². The second-order valence-corrected chi connectivity index (χ2v) is 8.85. The molecule has 3 aromatic rings. The lowest BCUT2D eigenvalue weighted by molar-refractivity contribution is -0.113. The van der Waals surface area contributed by atoms with Gasteiger partial charge >= 0.3 is 0 Å². The van der Waals surface area contributed by atoms with Crippen molar-refractivity contribution in [2.75, 3.05) is 4.90 Å². The zero-order chi connectivity index (χ0) is 21.6. The third-order valence-electron chi connectivity index (χ3n) is 5.38. The minimum Gasteiger partial charge on any atom is -0.318 e. The summed E-state index contributed by atoms with van der Waals surface area (Å²) in [6.07, 6.45) is 1.81. The van der Waals surface area contributed by atoms with E-state index in [1.165, 1.54) is 16.0 Å². The van der Waals surface area contributed by atoms with Crippen molar-refractivity contribution in [1.82, 2.24) is 4.57 Å². The van der Waals surface area contributed by atoms with Crippen LogP contribution in [0.5, 0.6) is 0 Å². The molecule has 2 heterocycles. The van der Waals surface area contributed by atoms with Gasteiger partial charge < -0.3 is 4.57 Å². The molecule has 0 bridgehead atoms. The fraction of sp³-hybridized carbons (Fsp3) is 0.167. The first kappa shape index (κ1) is 20.5. The van der Waals surface area contributed by atoms with Crippen LogP contribution in [0.4, 0.5) is 10.5 Å². The minimum absolute atomic E-state index is 0.309. The van der Waals surface area contributed by atoms with Crippen molar-refractivity contribution in [1.29, 1.82) is 0 Å². The van der Waals surface area contributed by atoms with Crippen LogP contribution in [0.25, 0.3) is 11.8 Å². The lowest BCUT2D eigenvalue weighted by atomic mass is 10.1. The number of carbonyl (C=O) groups is 2. The average Bonchev–Trinajstić information content (AvgIpc) is 3.13. The van der Waals surface area contributed by atoms with Gasteiger partial charge in [0.1, 0.15) is 0 Å². The molecule has 4 nitrogen and oxygen atoms in total. The van der Waals surface area contributed by atoms with Crippen LogP contribution in [0, 0.1) is 27.7 Å². The van der Waals surface area contributed by atoms with Gasteiger partial charge in [-0.2, -0.15) is 0 Å². The number of hydrogen-bond acceptors (Lipinski definition) is 3. The number of imide groups is 1. The Kier molecular flexibility index (Phi) is 5.35. The summed E-state index contributed by atoms with van der Waals surface area (Å²) < 4.78 is 2.17. The number of rotatable bonds is 3. The van der Waals surface area contributed by atoms with Crippen LogP contribution in [0.2, 0.25) is 5.02 Å². The fourth-order valence-electron chi connectivity index (χ4n) is 3.62. The molecule has 1 saturated heterocycles. The molecule has 0 N–H and O–H groups in total. The molecular weight excluding hydrogens is 416 g/mol. The van der Waals surface area contributed by atoms with Crippen molar-refractivity contribution in [3.05, 3.63) is 86.5 Å². The smallest absolute Gasteiger partial charge is 0.298 e. The Morgan fingerprint density at radius 2 is 1.53 bits per heavy atom. The van der Waals surface area contributed by atoms with Crippen molar-refractivity contribution in [3.8, 4) is 5.69 Å². The van der Waals surface area contributed by atoms with Crippen molar-refractivity contribution < 1.29 is 9.59 Å². The van der Waals surface area contributed by atoms with Gasteiger partial charge in [-0.15, -0.1) is 0 Å². The number of carbonyl (C=O) groups excluding carboxylic acids is 2. The fourth-order valence-corrected chi connectivity index (χ4v) is 4.58.